The first-order valence-electron chi connectivity index (χ1n) is 5.57. The van der Waals surface area contributed by atoms with Gasteiger partial charge in [-0.1, -0.05) is 18.3 Å². The largest absolute Gasteiger partial charge is 0.445 e. The minimum atomic E-state index is -4.43. The van der Waals surface area contributed by atoms with Crippen LogP contribution in [0.25, 0.3) is 0 Å². The maximum absolute atomic E-state index is 12.3. The van der Waals surface area contributed by atoms with Crippen molar-refractivity contribution in [2.45, 2.75) is 25.9 Å². The molecule has 0 spiro atoms. The third kappa shape index (κ3) is 3.87. The topological polar surface area (TPSA) is 50.7 Å². The quantitative estimate of drug-likeness (QED) is 0.921. The average Bonchev–Trinajstić information content (AvgIpc) is 2.96. The second-order valence-corrected chi connectivity index (χ2v) is 5.84. The summed E-state index contributed by atoms with van der Waals surface area (Å²) in [7, 11) is 0. The van der Waals surface area contributed by atoms with Gasteiger partial charge in [0.05, 0.1) is 5.01 Å². The van der Waals surface area contributed by atoms with E-state index in [2.05, 4.69) is 27.4 Å². The van der Waals surface area contributed by atoms with Gasteiger partial charge < -0.3 is 5.32 Å². The molecule has 0 atom stereocenters. The molecule has 0 amide bonds. The zero-order valence-corrected chi connectivity index (χ0v) is 11.6. The second kappa shape index (κ2) is 5.83. The summed E-state index contributed by atoms with van der Waals surface area (Å²) >= 11 is 2.12. The van der Waals surface area contributed by atoms with Gasteiger partial charge in [-0.05, 0) is 6.42 Å². The fourth-order valence-corrected chi connectivity index (χ4v) is 2.81. The first-order chi connectivity index (χ1) is 8.99. The highest BCUT2D eigenvalue weighted by molar-refractivity contribution is 7.15. The molecule has 0 saturated carbocycles. The normalized spacial score (nSPS) is 11.8. The molecule has 0 aliphatic heterocycles. The fourth-order valence-electron chi connectivity index (χ4n) is 1.31. The molecule has 0 radical (unpaired) electrons. The summed E-state index contributed by atoms with van der Waals surface area (Å²) in [5.41, 5.74) is 0. The molecule has 9 heteroatoms. The van der Waals surface area contributed by atoms with Crippen LogP contribution in [0.1, 0.15) is 21.8 Å². The van der Waals surface area contributed by atoms with Crippen molar-refractivity contribution >= 4 is 27.8 Å². The number of anilines is 1. The van der Waals surface area contributed by atoms with Crippen LogP contribution in [0.2, 0.25) is 0 Å². The Morgan fingerprint density at radius 3 is 2.63 bits per heavy atom. The monoisotopic (exact) mass is 308 g/mol. The first-order valence-corrected chi connectivity index (χ1v) is 7.20. The zero-order chi connectivity index (χ0) is 13.9. The standard InChI is InChI=1S/C10H11F3N4S2/c1-2-6-5-15-7(18-6)3-4-14-9-17-16-8(19-9)10(11,12)13/h5H,2-4H2,1H3,(H,14,17). The molecule has 2 heterocycles. The van der Waals surface area contributed by atoms with E-state index >= 15 is 0 Å². The molecule has 0 bridgehead atoms. The first kappa shape index (κ1) is 14.2. The molecule has 2 aromatic rings. The van der Waals surface area contributed by atoms with Gasteiger partial charge in [0, 0.05) is 24.0 Å². The van der Waals surface area contributed by atoms with Gasteiger partial charge >= 0.3 is 6.18 Å². The Balaban J connectivity index is 1.84. The summed E-state index contributed by atoms with van der Waals surface area (Å²) in [5, 5.41) is 9.59. The number of halogens is 3. The van der Waals surface area contributed by atoms with Crippen LogP contribution in [0.3, 0.4) is 0 Å². The smallest absolute Gasteiger partial charge is 0.360 e. The van der Waals surface area contributed by atoms with E-state index in [1.54, 1.807) is 11.3 Å². The SMILES string of the molecule is CCc1cnc(CCNc2nnc(C(F)(F)F)s2)s1. The minimum absolute atomic E-state index is 0.180. The lowest BCUT2D eigenvalue weighted by molar-refractivity contribution is -0.138. The Morgan fingerprint density at radius 1 is 1.26 bits per heavy atom. The van der Waals surface area contributed by atoms with Gasteiger partial charge in [0.1, 0.15) is 0 Å². The van der Waals surface area contributed by atoms with Gasteiger partial charge in [-0.2, -0.15) is 13.2 Å². The summed E-state index contributed by atoms with van der Waals surface area (Å²) in [6.07, 6.45) is -1.00. The van der Waals surface area contributed by atoms with Crippen LogP contribution >= 0.6 is 22.7 Å². The van der Waals surface area contributed by atoms with Crippen molar-refractivity contribution in [3.05, 3.63) is 21.1 Å². The number of nitrogens with zero attached hydrogens (tertiary/aromatic N) is 3. The third-order valence-electron chi connectivity index (χ3n) is 2.23. The fraction of sp³-hybridized carbons (Fsp3) is 0.500. The third-order valence-corrected chi connectivity index (χ3v) is 4.36. The highest BCUT2D eigenvalue weighted by atomic mass is 32.1. The van der Waals surface area contributed by atoms with E-state index in [9.17, 15) is 13.2 Å². The molecule has 2 aromatic heterocycles. The molecule has 19 heavy (non-hydrogen) atoms. The van der Waals surface area contributed by atoms with E-state index in [-0.39, 0.29) is 5.13 Å². The lowest BCUT2D eigenvalue weighted by atomic mass is 10.4. The number of hydrogen-bond donors (Lipinski definition) is 1. The van der Waals surface area contributed by atoms with Gasteiger partial charge in [0.15, 0.2) is 0 Å². The van der Waals surface area contributed by atoms with Crippen LogP contribution < -0.4 is 5.32 Å². The maximum atomic E-state index is 12.3. The number of nitrogens with one attached hydrogen (secondary N) is 1. The number of aryl methyl sites for hydroxylation is 1. The summed E-state index contributed by atoms with van der Waals surface area (Å²) in [6.45, 7) is 2.54. The zero-order valence-electron chi connectivity index (χ0n) is 9.99. The Bertz CT molecular complexity index is 535. The van der Waals surface area contributed by atoms with Crippen molar-refractivity contribution in [1.29, 1.82) is 0 Å². The molecule has 0 aliphatic carbocycles. The van der Waals surface area contributed by atoms with Crippen LogP contribution in [0.5, 0.6) is 0 Å². The van der Waals surface area contributed by atoms with Crippen molar-refractivity contribution in [3.63, 3.8) is 0 Å². The van der Waals surface area contributed by atoms with Gasteiger partial charge in [0.25, 0.3) is 0 Å². The summed E-state index contributed by atoms with van der Waals surface area (Å²) < 4.78 is 36.9. The molecular formula is C10H11F3N4S2. The van der Waals surface area contributed by atoms with Crippen LogP contribution in [0.4, 0.5) is 18.3 Å². The highest BCUT2D eigenvalue weighted by Crippen LogP contribution is 2.32. The van der Waals surface area contributed by atoms with E-state index in [1.807, 2.05) is 6.20 Å². The van der Waals surface area contributed by atoms with Crippen molar-refractivity contribution in [2.75, 3.05) is 11.9 Å². The van der Waals surface area contributed by atoms with Crippen molar-refractivity contribution in [1.82, 2.24) is 15.2 Å². The summed E-state index contributed by atoms with van der Waals surface area (Å²) in [5.74, 6) is 0. The van der Waals surface area contributed by atoms with Crippen LogP contribution in [-0.2, 0) is 19.0 Å². The Morgan fingerprint density at radius 2 is 2.05 bits per heavy atom. The van der Waals surface area contributed by atoms with Gasteiger partial charge in [-0.3, -0.25) is 0 Å². The number of alkyl halides is 3. The van der Waals surface area contributed by atoms with E-state index in [1.165, 1.54) is 4.88 Å². The lowest BCUT2D eigenvalue weighted by Gasteiger charge is -1.99. The molecule has 4 nitrogen and oxygen atoms in total. The number of hydrogen-bond acceptors (Lipinski definition) is 6. The molecule has 1 N–H and O–H groups in total. The molecule has 0 aromatic carbocycles. The van der Waals surface area contributed by atoms with Crippen LogP contribution in [0, 0.1) is 0 Å². The summed E-state index contributed by atoms with van der Waals surface area (Å²) in [4.78, 5) is 5.43. The Hall–Kier alpha value is -1.22. The van der Waals surface area contributed by atoms with E-state index in [4.69, 9.17) is 0 Å². The van der Waals surface area contributed by atoms with Gasteiger partial charge in [0.2, 0.25) is 10.1 Å². The molecule has 2 rings (SSSR count). The molecule has 104 valence electrons. The predicted molar refractivity (Wildman–Crippen MR) is 68.6 cm³/mol. The summed E-state index contributed by atoms with van der Waals surface area (Å²) in [6, 6.07) is 0. The van der Waals surface area contributed by atoms with Crippen LogP contribution in [-0.4, -0.2) is 21.7 Å². The highest BCUT2D eigenvalue weighted by Gasteiger charge is 2.35. The van der Waals surface area contributed by atoms with Crippen LogP contribution in [0.15, 0.2) is 6.20 Å². The molecule has 0 fully saturated rings. The van der Waals surface area contributed by atoms with Crippen molar-refractivity contribution in [3.8, 4) is 0 Å². The van der Waals surface area contributed by atoms with E-state index < -0.39 is 11.2 Å². The predicted octanol–water partition coefficient (Wildman–Crippen LogP) is 3.23. The van der Waals surface area contributed by atoms with Crippen molar-refractivity contribution < 1.29 is 13.2 Å². The number of aromatic nitrogens is 3. The lowest BCUT2D eigenvalue weighted by Crippen LogP contribution is -2.04. The van der Waals surface area contributed by atoms with Crippen molar-refractivity contribution in [2.24, 2.45) is 0 Å². The molecule has 0 saturated heterocycles. The average molecular weight is 308 g/mol. The second-order valence-electron chi connectivity index (χ2n) is 3.66. The molecule has 0 unspecified atom stereocenters. The van der Waals surface area contributed by atoms with E-state index in [0.717, 1.165) is 11.4 Å². The Labute approximate surface area is 115 Å². The van der Waals surface area contributed by atoms with E-state index in [0.29, 0.717) is 24.3 Å². The van der Waals surface area contributed by atoms with Gasteiger partial charge in [-0.25, -0.2) is 4.98 Å². The molecule has 0 aliphatic rings. The molecular weight excluding hydrogens is 297 g/mol. The Kier molecular flexibility index (Phi) is 4.35. The van der Waals surface area contributed by atoms with Gasteiger partial charge in [-0.15, -0.1) is 21.5 Å². The number of thiazole rings is 1. The number of rotatable bonds is 5. The maximum Gasteiger partial charge on any atom is 0.445 e. The minimum Gasteiger partial charge on any atom is -0.360 e.